The second kappa shape index (κ2) is 8.52. The molecule has 5 nitrogen and oxygen atoms in total. The fourth-order valence-electron chi connectivity index (χ4n) is 4.99. The Morgan fingerprint density at radius 1 is 1.00 bits per heavy atom. The highest BCUT2D eigenvalue weighted by atomic mass is 16.2. The summed E-state index contributed by atoms with van der Waals surface area (Å²) in [5.74, 6) is 1.59. The molecular weight excluding hydrogens is 314 g/mol. The summed E-state index contributed by atoms with van der Waals surface area (Å²) in [6.45, 7) is 3.69. The molecule has 0 bridgehead atoms. The van der Waals surface area contributed by atoms with Gasteiger partial charge in [0, 0.05) is 37.0 Å². The quantitative estimate of drug-likeness (QED) is 0.818. The van der Waals surface area contributed by atoms with Gasteiger partial charge in [-0.25, -0.2) is 0 Å². The second-order valence-electron chi connectivity index (χ2n) is 8.59. The van der Waals surface area contributed by atoms with Gasteiger partial charge in [-0.2, -0.15) is 0 Å². The van der Waals surface area contributed by atoms with Crippen LogP contribution in [-0.2, 0) is 9.59 Å². The van der Waals surface area contributed by atoms with E-state index in [0.717, 1.165) is 57.9 Å². The summed E-state index contributed by atoms with van der Waals surface area (Å²) in [5.41, 5.74) is 5.92. The number of nitrogens with one attached hydrogen (secondary N) is 1. The van der Waals surface area contributed by atoms with Crippen LogP contribution in [0.4, 0.5) is 0 Å². The minimum atomic E-state index is 0.127. The molecular formula is C20H35N3O2. The minimum Gasteiger partial charge on any atom is -0.353 e. The lowest BCUT2D eigenvalue weighted by Crippen LogP contribution is -2.52. The van der Waals surface area contributed by atoms with Crippen molar-refractivity contribution in [3.05, 3.63) is 0 Å². The van der Waals surface area contributed by atoms with Crippen molar-refractivity contribution in [1.82, 2.24) is 10.2 Å². The number of amides is 2. The zero-order valence-electron chi connectivity index (χ0n) is 15.7. The molecule has 2 aliphatic carbocycles. The van der Waals surface area contributed by atoms with Crippen LogP contribution in [0.2, 0.25) is 0 Å². The van der Waals surface area contributed by atoms with E-state index in [1.54, 1.807) is 0 Å². The Kier molecular flexibility index (Phi) is 6.37. The van der Waals surface area contributed by atoms with Gasteiger partial charge in [0.05, 0.1) is 0 Å². The first-order chi connectivity index (χ1) is 12.1. The van der Waals surface area contributed by atoms with E-state index in [-0.39, 0.29) is 29.8 Å². The van der Waals surface area contributed by atoms with Crippen molar-refractivity contribution in [2.45, 2.75) is 83.2 Å². The molecule has 1 aliphatic heterocycles. The van der Waals surface area contributed by atoms with Crippen LogP contribution in [0, 0.1) is 17.8 Å². The molecule has 142 valence electrons. The first-order valence-electron chi connectivity index (χ1n) is 10.4. The predicted octanol–water partition coefficient (Wildman–Crippen LogP) is 2.44. The fourth-order valence-corrected chi connectivity index (χ4v) is 4.99. The number of piperidine rings is 1. The maximum absolute atomic E-state index is 13.0. The van der Waals surface area contributed by atoms with Crippen molar-refractivity contribution in [3.63, 3.8) is 0 Å². The number of likely N-dealkylation sites (tertiary alicyclic amines) is 1. The Bertz CT molecular complexity index is 468. The van der Waals surface area contributed by atoms with Crippen molar-refractivity contribution in [2.75, 3.05) is 13.1 Å². The third-order valence-corrected chi connectivity index (χ3v) is 6.68. The summed E-state index contributed by atoms with van der Waals surface area (Å²) in [6, 6.07) is 0.486. The zero-order valence-corrected chi connectivity index (χ0v) is 15.7. The van der Waals surface area contributed by atoms with E-state index in [4.69, 9.17) is 5.73 Å². The SMILES string of the molecule is CC1CCN(C(=O)C2CCC(NC(=O)C3CCCC3)CC2)C(CN)C1. The molecule has 0 aromatic rings. The third-order valence-electron chi connectivity index (χ3n) is 6.68. The monoisotopic (exact) mass is 349 g/mol. The van der Waals surface area contributed by atoms with Gasteiger partial charge in [0.1, 0.15) is 0 Å². The molecule has 5 heteroatoms. The number of carbonyl (C=O) groups is 2. The number of rotatable bonds is 4. The fraction of sp³-hybridized carbons (Fsp3) is 0.900. The molecule has 2 amide bonds. The summed E-state index contributed by atoms with van der Waals surface area (Å²) in [5, 5.41) is 3.24. The number of hydrogen-bond donors (Lipinski definition) is 2. The zero-order chi connectivity index (χ0) is 17.8. The summed E-state index contributed by atoms with van der Waals surface area (Å²) in [4.78, 5) is 27.3. The average molecular weight is 350 g/mol. The molecule has 0 radical (unpaired) electrons. The van der Waals surface area contributed by atoms with E-state index in [1.165, 1.54) is 12.8 Å². The molecule has 0 spiro atoms. The van der Waals surface area contributed by atoms with E-state index < -0.39 is 0 Å². The first-order valence-corrected chi connectivity index (χ1v) is 10.4. The number of hydrogen-bond acceptors (Lipinski definition) is 3. The van der Waals surface area contributed by atoms with Crippen LogP contribution in [0.3, 0.4) is 0 Å². The van der Waals surface area contributed by atoms with E-state index in [1.807, 2.05) is 0 Å². The Morgan fingerprint density at radius 3 is 2.32 bits per heavy atom. The normalized spacial score (nSPS) is 34.1. The maximum atomic E-state index is 13.0. The lowest BCUT2D eigenvalue weighted by molar-refractivity contribution is -0.141. The number of nitrogens with two attached hydrogens (primary N) is 1. The Labute approximate surface area is 152 Å². The molecule has 2 unspecified atom stereocenters. The van der Waals surface area contributed by atoms with Crippen LogP contribution in [0.5, 0.6) is 0 Å². The van der Waals surface area contributed by atoms with Crippen LogP contribution in [-0.4, -0.2) is 41.9 Å². The van der Waals surface area contributed by atoms with Crippen LogP contribution < -0.4 is 11.1 Å². The number of nitrogens with zero attached hydrogens (tertiary/aromatic N) is 1. The van der Waals surface area contributed by atoms with E-state index in [0.29, 0.717) is 18.4 Å². The number of carbonyl (C=O) groups excluding carboxylic acids is 2. The minimum absolute atomic E-state index is 0.127. The Balaban J connectivity index is 1.46. The molecule has 0 aromatic carbocycles. The molecule has 3 aliphatic rings. The second-order valence-corrected chi connectivity index (χ2v) is 8.59. The highest BCUT2D eigenvalue weighted by Crippen LogP contribution is 2.31. The molecule has 3 rings (SSSR count). The van der Waals surface area contributed by atoms with E-state index in [9.17, 15) is 9.59 Å². The van der Waals surface area contributed by atoms with Crippen molar-refractivity contribution in [1.29, 1.82) is 0 Å². The largest absolute Gasteiger partial charge is 0.353 e. The topological polar surface area (TPSA) is 75.4 Å². The molecule has 25 heavy (non-hydrogen) atoms. The molecule has 1 saturated heterocycles. The summed E-state index contributed by atoms with van der Waals surface area (Å²) < 4.78 is 0. The molecule has 1 heterocycles. The predicted molar refractivity (Wildman–Crippen MR) is 98.8 cm³/mol. The highest BCUT2D eigenvalue weighted by Gasteiger charge is 2.35. The van der Waals surface area contributed by atoms with Crippen molar-refractivity contribution < 1.29 is 9.59 Å². The Hall–Kier alpha value is -1.10. The van der Waals surface area contributed by atoms with Gasteiger partial charge in [0.25, 0.3) is 0 Å². The summed E-state index contributed by atoms with van der Waals surface area (Å²) in [7, 11) is 0. The summed E-state index contributed by atoms with van der Waals surface area (Å²) in [6.07, 6.45) is 10.3. The van der Waals surface area contributed by atoms with Gasteiger partial charge in [-0.15, -0.1) is 0 Å². The Morgan fingerprint density at radius 2 is 1.68 bits per heavy atom. The molecule has 0 aromatic heterocycles. The van der Waals surface area contributed by atoms with E-state index >= 15 is 0 Å². The van der Waals surface area contributed by atoms with Gasteiger partial charge in [0.15, 0.2) is 0 Å². The van der Waals surface area contributed by atoms with E-state index in [2.05, 4.69) is 17.1 Å². The van der Waals surface area contributed by atoms with Gasteiger partial charge < -0.3 is 16.0 Å². The maximum Gasteiger partial charge on any atom is 0.225 e. The lowest BCUT2D eigenvalue weighted by atomic mass is 9.83. The standard InChI is InChI=1S/C20H35N3O2/c1-14-10-11-23(18(12-14)13-21)20(25)16-6-8-17(9-7-16)22-19(24)15-4-2-3-5-15/h14-18H,2-13,21H2,1H3,(H,22,24). The van der Waals surface area contributed by atoms with Gasteiger partial charge in [-0.05, 0) is 57.3 Å². The smallest absolute Gasteiger partial charge is 0.225 e. The molecule has 3 fully saturated rings. The van der Waals surface area contributed by atoms with Crippen molar-refractivity contribution in [3.8, 4) is 0 Å². The third kappa shape index (κ3) is 4.55. The van der Waals surface area contributed by atoms with Crippen LogP contribution >= 0.6 is 0 Å². The molecule has 3 N–H and O–H groups in total. The van der Waals surface area contributed by atoms with Crippen LogP contribution in [0.1, 0.15) is 71.1 Å². The highest BCUT2D eigenvalue weighted by molar-refractivity contribution is 5.80. The van der Waals surface area contributed by atoms with Crippen molar-refractivity contribution in [2.24, 2.45) is 23.5 Å². The summed E-state index contributed by atoms with van der Waals surface area (Å²) >= 11 is 0. The van der Waals surface area contributed by atoms with Gasteiger partial charge in [0.2, 0.25) is 11.8 Å². The van der Waals surface area contributed by atoms with Crippen LogP contribution in [0.15, 0.2) is 0 Å². The first kappa shape index (κ1) is 18.7. The van der Waals surface area contributed by atoms with Crippen LogP contribution in [0.25, 0.3) is 0 Å². The molecule has 2 saturated carbocycles. The average Bonchev–Trinajstić information content (AvgIpc) is 3.16. The van der Waals surface area contributed by atoms with Gasteiger partial charge >= 0.3 is 0 Å². The van der Waals surface area contributed by atoms with Crippen molar-refractivity contribution >= 4 is 11.8 Å². The lowest BCUT2D eigenvalue weighted by Gasteiger charge is -2.41. The van der Waals surface area contributed by atoms with Gasteiger partial charge in [-0.1, -0.05) is 19.8 Å². The van der Waals surface area contributed by atoms with Gasteiger partial charge in [-0.3, -0.25) is 9.59 Å². The molecule has 2 atom stereocenters.